The third-order valence-electron chi connectivity index (χ3n) is 3.91. The van der Waals surface area contributed by atoms with Crippen LogP contribution in [-0.2, 0) is 20.8 Å². The number of hydrogen-bond acceptors (Lipinski definition) is 5. The monoisotopic (exact) mass is 412 g/mol. The largest absolute Gasteiger partial charge is 0.461 e. The molecule has 1 aromatic rings. The number of rotatable bonds is 4. The van der Waals surface area contributed by atoms with Gasteiger partial charge in [-0.05, 0) is 38.5 Å². The Kier molecular flexibility index (Phi) is 7.06. The summed E-state index contributed by atoms with van der Waals surface area (Å²) in [4.78, 5) is 25.9. The van der Waals surface area contributed by atoms with Crippen LogP contribution in [0.4, 0.5) is 4.79 Å². The van der Waals surface area contributed by atoms with Crippen molar-refractivity contribution in [3.8, 4) is 0 Å². The standard InChI is InChI=1S/C19H25ClN2O4S/c1-12(23)25-15-9-16(22(11-15)18(24)26-19(2,3)4)17(27)21-10-13-5-7-14(20)8-6-13/h5-8,15-16H,9-11H2,1-4H3,(H,21,27). The number of carbonyl (C=O) groups excluding carboxylic acids is 2. The van der Waals surface area contributed by atoms with Crippen LogP contribution in [0.15, 0.2) is 24.3 Å². The van der Waals surface area contributed by atoms with Gasteiger partial charge in [-0.1, -0.05) is 36.0 Å². The Labute approximate surface area is 170 Å². The molecule has 8 heteroatoms. The highest BCUT2D eigenvalue weighted by molar-refractivity contribution is 7.80. The summed E-state index contributed by atoms with van der Waals surface area (Å²) >= 11 is 11.4. The van der Waals surface area contributed by atoms with Crippen LogP contribution in [-0.4, -0.2) is 46.2 Å². The minimum atomic E-state index is -0.625. The lowest BCUT2D eigenvalue weighted by molar-refractivity contribution is -0.145. The Hall–Kier alpha value is -1.86. The molecule has 1 fully saturated rings. The average Bonchev–Trinajstić information content (AvgIpc) is 2.96. The summed E-state index contributed by atoms with van der Waals surface area (Å²) in [5, 5.41) is 3.84. The number of nitrogens with one attached hydrogen (secondary N) is 1. The van der Waals surface area contributed by atoms with E-state index in [0.717, 1.165) is 5.56 Å². The number of nitrogens with zero attached hydrogens (tertiary/aromatic N) is 1. The van der Waals surface area contributed by atoms with E-state index in [9.17, 15) is 9.59 Å². The van der Waals surface area contributed by atoms with E-state index in [0.29, 0.717) is 23.0 Å². The van der Waals surface area contributed by atoms with Gasteiger partial charge in [0.05, 0.1) is 17.6 Å². The van der Waals surface area contributed by atoms with E-state index >= 15 is 0 Å². The zero-order valence-electron chi connectivity index (χ0n) is 16.0. The third kappa shape index (κ3) is 6.66. The summed E-state index contributed by atoms with van der Waals surface area (Å²) in [6.07, 6.45) is -0.446. The molecule has 1 aromatic carbocycles. The molecular formula is C19H25ClN2O4S. The van der Waals surface area contributed by atoms with Crippen LogP contribution >= 0.6 is 23.8 Å². The number of likely N-dealkylation sites (tertiary alicyclic amines) is 1. The lowest BCUT2D eigenvalue weighted by Gasteiger charge is -2.29. The highest BCUT2D eigenvalue weighted by Gasteiger charge is 2.41. The van der Waals surface area contributed by atoms with E-state index in [4.69, 9.17) is 33.3 Å². The summed E-state index contributed by atoms with van der Waals surface area (Å²) in [5.41, 5.74) is 0.388. The fourth-order valence-electron chi connectivity index (χ4n) is 2.80. The topological polar surface area (TPSA) is 67.9 Å². The van der Waals surface area contributed by atoms with Crippen molar-refractivity contribution in [2.24, 2.45) is 0 Å². The number of hydrogen-bond donors (Lipinski definition) is 1. The number of ether oxygens (including phenoxy) is 2. The summed E-state index contributed by atoms with van der Waals surface area (Å²) in [6.45, 7) is 7.51. The second-order valence-corrected chi connectivity index (χ2v) is 8.34. The maximum atomic E-state index is 12.6. The maximum absolute atomic E-state index is 12.6. The van der Waals surface area contributed by atoms with E-state index in [1.54, 1.807) is 32.9 Å². The number of thiocarbonyl (C=S) groups is 1. The smallest absolute Gasteiger partial charge is 0.411 e. The Morgan fingerprint density at radius 2 is 1.93 bits per heavy atom. The first-order valence-electron chi connectivity index (χ1n) is 8.74. The molecule has 1 aliphatic rings. The van der Waals surface area contributed by atoms with Gasteiger partial charge in [0.15, 0.2) is 0 Å². The van der Waals surface area contributed by atoms with Crippen LogP contribution in [0, 0.1) is 0 Å². The molecule has 1 saturated heterocycles. The van der Waals surface area contributed by atoms with Gasteiger partial charge in [-0.2, -0.15) is 0 Å². The van der Waals surface area contributed by atoms with Crippen molar-refractivity contribution in [2.75, 3.05) is 6.54 Å². The van der Waals surface area contributed by atoms with E-state index in [2.05, 4.69) is 5.32 Å². The molecule has 1 aliphatic heterocycles. The molecule has 2 atom stereocenters. The zero-order chi connectivity index (χ0) is 20.2. The molecule has 1 amide bonds. The van der Waals surface area contributed by atoms with Crippen molar-refractivity contribution in [1.29, 1.82) is 0 Å². The highest BCUT2D eigenvalue weighted by Crippen LogP contribution is 2.24. The summed E-state index contributed by atoms with van der Waals surface area (Å²) in [7, 11) is 0. The Balaban J connectivity index is 2.06. The number of amides is 1. The quantitative estimate of drug-likeness (QED) is 0.600. The predicted octanol–water partition coefficient (Wildman–Crippen LogP) is 3.70. The molecule has 0 saturated carbocycles. The van der Waals surface area contributed by atoms with E-state index in [1.807, 2.05) is 12.1 Å². The van der Waals surface area contributed by atoms with Gasteiger partial charge < -0.3 is 14.8 Å². The summed E-state index contributed by atoms with van der Waals surface area (Å²) < 4.78 is 10.8. The second kappa shape index (κ2) is 8.89. The van der Waals surface area contributed by atoms with E-state index < -0.39 is 23.8 Å². The zero-order valence-corrected chi connectivity index (χ0v) is 17.5. The Morgan fingerprint density at radius 1 is 1.30 bits per heavy atom. The minimum Gasteiger partial charge on any atom is -0.461 e. The molecule has 0 aliphatic carbocycles. The SMILES string of the molecule is CC(=O)OC1CC(C(=S)NCc2ccc(Cl)cc2)N(C(=O)OC(C)(C)C)C1. The lowest BCUT2D eigenvalue weighted by Crippen LogP contribution is -2.46. The molecule has 0 spiro atoms. The fourth-order valence-corrected chi connectivity index (χ4v) is 3.22. The molecule has 0 bridgehead atoms. The maximum Gasteiger partial charge on any atom is 0.411 e. The van der Waals surface area contributed by atoms with Crippen molar-refractivity contribution < 1.29 is 19.1 Å². The second-order valence-electron chi connectivity index (χ2n) is 7.46. The molecule has 6 nitrogen and oxygen atoms in total. The molecule has 148 valence electrons. The van der Waals surface area contributed by atoms with Crippen LogP contribution in [0.25, 0.3) is 0 Å². The van der Waals surface area contributed by atoms with Crippen molar-refractivity contribution >= 4 is 40.9 Å². The van der Waals surface area contributed by atoms with Crippen molar-refractivity contribution in [3.63, 3.8) is 0 Å². The minimum absolute atomic E-state index is 0.252. The van der Waals surface area contributed by atoms with Crippen molar-refractivity contribution in [3.05, 3.63) is 34.9 Å². The van der Waals surface area contributed by atoms with Gasteiger partial charge in [-0.25, -0.2) is 4.79 Å². The molecule has 1 heterocycles. The molecule has 1 N–H and O–H groups in total. The van der Waals surface area contributed by atoms with Crippen LogP contribution in [0.5, 0.6) is 0 Å². The van der Waals surface area contributed by atoms with Gasteiger partial charge in [0, 0.05) is 24.9 Å². The van der Waals surface area contributed by atoms with E-state index in [1.165, 1.54) is 11.8 Å². The first kappa shape index (κ1) is 21.4. The van der Waals surface area contributed by atoms with Crippen LogP contribution < -0.4 is 5.32 Å². The highest BCUT2D eigenvalue weighted by atomic mass is 35.5. The first-order chi connectivity index (χ1) is 12.5. The normalized spacial score (nSPS) is 19.5. The van der Waals surface area contributed by atoms with E-state index in [-0.39, 0.29) is 12.5 Å². The number of halogens is 1. The van der Waals surface area contributed by atoms with Crippen LogP contribution in [0.3, 0.4) is 0 Å². The average molecular weight is 413 g/mol. The predicted molar refractivity (Wildman–Crippen MR) is 108 cm³/mol. The molecule has 2 rings (SSSR count). The number of carbonyl (C=O) groups is 2. The molecule has 0 aromatic heterocycles. The number of benzene rings is 1. The van der Waals surface area contributed by atoms with Gasteiger partial charge in [-0.3, -0.25) is 9.69 Å². The van der Waals surface area contributed by atoms with Gasteiger partial charge in [0.25, 0.3) is 0 Å². The molecule has 2 unspecified atom stereocenters. The first-order valence-corrected chi connectivity index (χ1v) is 9.53. The summed E-state index contributed by atoms with van der Waals surface area (Å²) in [6, 6.07) is 7.02. The fraction of sp³-hybridized carbons (Fsp3) is 0.526. The van der Waals surface area contributed by atoms with Gasteiger partial charge in [0.1, 0.15) is 11.7 Å². The van der Waals surface area contributed by atoms with Gasteiger partial charge in [-0.15, -0.1) is 0 Å². The molecule has 0 radical (unpaired) electrons. The van der Waals surface area contributed by atoms with Crippen molar-refractivity contribution in [1.82, 2.24) is 10.2 Å². The lowest BCUT2D eigenvalue weighted by atomic mass is 10.1. The Bertz CT molecular complexity index is 703. The molecule has 27 heavy (non-hydrogen) atoms. The summed E-state index contributed by atoms with van der Waals surface area (Å²) in [5.74, 6) is -0.384. The van der Waals surface area contributed by atoms with Crippen LogP contribution in [0.2, 0.25) is 5.02 Å². The van der Waals surface area contributed by atoms with Crippen LogP contribution in [0.1, 0.15) is 39.7 Å². The van der Waals surface area contributed by atoms with Gasteiger partial charge >= 0.3 is 12.1 Å². The third-order valence-corrected chi connectivity index (χ3v) is 4.57. The number of esters is 1. The Morgan fingerprint density at radius 3 is 2.48 bits per heavy atom. The van der Waals surface area contributed by atoms with Crippen molar-refractivity contribution in [2.45, 2.75) is 58.4 Å². The van der Waals surface area contributed by atoms with Gasteiger partial charge in [0.2, 0.25) is 0 Å². The molecular weight excluding hydrogens is 388 g/mol.